The number of nitrogens with zero attached hydrogens (tertiary/aromatic N) is 1. The zero-order valence-electron chi connectivity index (χ0n) is 10.8. The molecule has 1 unspecified atom stereocenters. The topological polar surface area (TPSA) is 84.7 Å². The summed E-state index contributed by atoms with van der Waals surface area (Å²) in [4.78, 5) is 25.9. The van der Waals surface area contributed by atoms with Crippen LogP contribution < -0.4 is 11.1 Å². The van der Waals surface area contributed by atoms with Gasteiger partial charge in [-0.2, -0.15) is 0 Å². The highest BCUT2D eigenvalue weighted by Gasteiger charge is 2.46. The second-order valence-corrected chi connectivity index (χ2v) is 4.99. The number of hydrogen-bond acceptors (Lipinski definition) is 4. The van der Waals surface area contributed by atoms with Crippen LogP contribution in [0.5, 0.6) is 0 Å². The average molecular weight is 255 g/mol. The molecule has 3 N–H and O–H groups in total. The molecule has 1 saturated heterocycles. The van der Waals surface area contributed by atoms with Crippen molar-refractivity contribution < 1.29 is 14.3 Å². The number of rotatable bonds is 3. The number of carbonyl (C=O) groups is 2. The number of hydrogen-bond donors (Lipinski definition) is 2. The molecule has 0 bridgehead atoms. The van der Waals surface area contributed by atoms with Crippen molar-refractivity contribution in [1.82, 2.24) is 10.2 Å². The molecule has 1 heterocycles. The fourth-order valence-electron chi connectivity index (χ4n) is 2.41. The summed E-state index contributed by atoms with van der Waals surface area (Å²) in [5.74, 6) is -0.262. The number of morpholine rings is 1. The maximum atomic E-state index is 12.4. The third-order valence-corrected chi connectivity index (χ3v) is 3.71. The molecule has 6 nitrogen and oxygen atoms in total. The number of ether oxygens (including phenoxy) is 1. The summed E-state index contributed by atoms with van der Waals surface area (Å²) in [6.07, 6.45) is 2.41. The molecule has 2 rings (SSSR count). The van der Waals surface area contributed by atoms with Crippen molar-refractivity contribution in [3.05, 3.63) is 0 Å². The fourth-order valence-corrected chi connectivity index (χ4v) is 2.41. The van der Waals surface area contributed by atoms with Crippen LogP contribution in [-0.2, 0) is 14.3 Å². The first-order valence-corrected chi connectivity index (χ1v) is 6.54. The van der Waals surface area contributed by atoms with Crippen LogP contribution in [0.3, 0.4) is 0 Å². The molecule has 102 valence electrons. The van der Waals surface area contributed by atoms with Crippen molar-refractivity contribution in [3.63, 3.8) is 0 Å². The molecule has 6 heteroatoms. The van der Waals surface area contributed by atoms with Gasteiger partial charge in [-0.1, -0.05) is 0 Å². The van der Waals surface area contributed by atoms with Crippen LogP contribution in [0.1, 0.15) is 26.2 Å². The zero-order valence-corrected chi connectivity index (χ0v) is 10.8. The number of nitrogens with two attached hydrogens (primary N) is 1. The minimum atomic E-state index is -0.748. The summed E-state index contributed by atoms with van der Waals surface area (Å²) in [6.45, 7) is 3.57. The van der Waals surface area contributed by atoms with E-state index < -0.39 is 11.6 Å². The van der Waals surface area contributed by atoms with E-state index >= 15 is 0 Å². The van der Waals surface area contributed by atoms with Gasteiger partial charge < -0.3 is 20.7 Å². The van der Waals surface area contributed by atoms with Crippen LogP contribution in [0.4, 0.5) is 0 Å². The highest BCUT2D eigenvalue weighted by atomic mass is 16.5. The lowest BCUT2D eigenvalue weighted by Crippen LogP contribution is -2.65. The van der Waals surface area contributed by atoms with Gasteiger partial charge in [0.05, 0.1) is 18.8 Å². The van der Waals surface area contributed by atoms with Gasteiger partial charge in [0.2, 0.25) is 11.8 Å². The highest BCUT2D eigenvalue weighted by Crippen LogP contribution is 2.31. The van der Waals surface area contributed by atoms with Crippen LogP contribution in [-0.4, -0.2) is 54.6 Å². The lowest BCUT2D eigenvalue weighted by molar-refractivity contribution is -0.155. The van der Waals surface area contributed by atoms with Crippen LogP contribution >= 0.6 is 0 Å². The van der Waals surface area contributed by atoms with Gasteiger partial charge in [-0.25, -0.2) is 0 Å². The van der Waals surface area contributed by atoms with Gasteiger partial charge in [-0.3, -0.25) is 9.59 Å². The molecule has 0 spiro atoms. The Morgan fingerprint density at radius 3 is 2.78 bits per heavy atom. The molecule has 1 saturated carbocycles. The Balaban J connectivity index is 2.07. The van der Waals surface area contributed by atoms with E-state index in [0.29, 0.717) is 32.5 Å². The summed E-state index contributed by atoms with van der Waals surface area (Å²) in [6, 6.07) is -0.535. The Morgan fingerprint density at radius 2 is 2.22 bits per heavy atom. The largest absolute Gasteiger partial charge is 0.377 e. The molecule has 1 atom stereocenters. The second kappa shape index (κ2) is 5.24. The smallest absolute Gasteiger partial charge is 0.245 e. The zero-order chi connectivity index (χ0) is 13.2. The minimum absolute atomic E-state index is 0.103. The summed E-state index contributed by atoms with van der Waals surface area (Å²) in [5, 5.41) is 2.73. The average Bonchev–Trinajstić information content (AvgIpc) is 2.35. The standard InChI is InChI=1S/C12H21N3O3/c1-2-14-10(16)9-8-18-7-6-15(9)11(17)12(13)4-3-5-12/h9H,2-8,13H2,1H3,(H,14,16). The molecular formula is C12H21N3O3. The van der Waals surface area contributed by atoms with E-state index in [2.05, 4.69) is 5.32 Å². The monoisotopic (exact) mass is 255 g/mol. The van der Waals surface area contributed by atoms with Crippen molar-refractivity contribution >= 4 is 11.8 Å². The van der Waals surface area contributed by atoms with E-state index in [1.807, 2.05) is 6.92 Å². The van der Waals surface area contributed by atoms with Crippen molar-refractivity contribution in [2.24, 2.45) is 5.73 Å². The Kier molecular flexibility index (Phi) is 3.87. The maximum Gasteiger partial charge on any atom is 0.245 e. The quantitative estimate of drug-likeness (QED) is 0.693. The van der Waals surface area contributed by atoms with Crippen LogP contribution in [0.15, 0.2) is 0 Å². The van der Waals surface area contributed by atoms with Crippen molar-refractivity contribution in [2.45, 2.75) is 37.8 Å². The van der Waals surface area contributed by atoms with Crippen LogP contribution in [0.2, 0.25) is 0 Å². The second-order valence-electron chi connectivity index (χ2n) is 4.99. The highest BCUT2D eigenvalue weighted by molar-refractivity contribution is 5.92. The SMILES string of the molecule is CCNC(=O)C1COCCN1C(=O)C1(N)CCC1. The first-order valence-electron chi connectivity index (χ1n) is 6.54. The number of amides is 2. The number of likely N-dealkylation sites (N-methyl/N-ethyl adjacent to an activating group) is 1. The summed E-state index contributed by atoms with van der Waals surface area (Å²) >= 11 is 0. The first kappa shape index (κ1) is 13.3. The van der Waals surface area contributed by atoms with Gasteiger partial charge in [-0.05, 0) is 26.2 Å². The fraction of sp³-hybridized carbons (Fsp3) is 0.833. The molecule has 2 aliphatic rings. The predicted molar refractivity (Wildman–Crippen MR) is 65.8 cm³/mol. The van der Waals surface area contributed by atoms with E-state index in [-0.39, 0.29) is 18.4 Å². The van der Waals surface area contributed by atoms with Gasteiger partial charge in [0, 0.05) is 13.1 Å². The molecule has 0 aromatic carbocycles. The summed E-state index contributed by atoms with van der Waals surface area (Å²) in [5.41, 5.74) is 5.30. The lowest BCUT2D eigenvalue weighted by Gasteiger charge is -2.44. The molecule has 1 aliphatic heterocycles. The van der Waals surface area contributed by atoms with Gasteiger partial charge in [0.1, 0.15) is 6.04 Å². The normalized spacial score (nSPS) is 26.3. The number of nitrogens with one attached hydrogen (secondary N) is 1. The molecule has 0 radical (unpaired) electrons. The molecule has 1 aliphatic carbocycles. The van der Waals surface area contributed by atoms with Gasteiger partial charge >= 0.3 is 0 Å². The molecule has 18 heavy (non-hydrogen) atoms. The predicted octanol–water partition coefficient (Wildman–Crippen LogP) is -0.769. The van der Waals surface area contributed by atoms with E-state index in [0.717, 1.165) is 6.42 Å². The van der Waals surface area contributed by atoms with Crippen LogP contribution in [0, 0.1) is 0 Å². The number of carbonyl (C=O) groups excluding carboxylic acids is 2. The van der Waals surface area contributed by atoms with Crippen molar-refractivity contribution in [3.8, 4) is 0 Å². The van der Waals surface area contributed by atoms with Crippen molar-refractivity contribution in [1.29, 1.82) is 0 Å². The van der Waals surface area contributed by atoms with E-state index in [9.17, 15) is 9.59 Å². The first-order chi connectivity index (χ1) is 8.58. The minimum Gasteiger partial charge on any atom is -0.377 e. The molecular weight excluding hydrogens is 234 g/mol. The van der Waals surface area contributed by atoms with E-state index in [1.54, 1.807) is 4.90 Å². The van der Waals surface area contributed by atoms with Gasteiger partial charge in [0.15, 0.2) is 0 Å². The molecule has 0 aromatic rings. The third kappa shape index (κ3) is 2.35. The Labute approximate surface area is 107 Å². The van der Waals surface area contributed by atoms with Crippen molar-refractivity contribution in [2.75, 3.05) is 26.3 Å². The van der Waals surface area contributed by atoms with E-state index in [1.165, 1.54) is 0 Å². The van der Waals surface area contributed by atoms with Gasteiger partial charge in [-0.15, -0.1) is 0 Å². The maximum absolute atomic E-state index is 12.4. The molecule has 2 fully saturated rings. The lowest BCUT2D eigenvalue weighted by atomic mass is 9.76. The molecule has 2 amide bonds. The Morgan fingerprint density at radius 1 is 1.50 bits per heavy atom. The van der Waals surface area contributed by atoms with Crippen LogP contribution in [0.25, 0.3) is 0 Å². The summed E-state index contributed by atoms with van der Waals surface area (Å²) in [7, 11) is 0. The molecule has 0 aromatic heterocycles. The summed E-state index contributed by atoms with van der Waals surface area (Å²) < 4.78 is 5.30. The Bertz CT molecular complexity index is 341. The third-order valence-electron chi connectivity index (χ3n) is 3.71. The van der Waals surface area contributed by atoms with Gasteiger partial charge in [0.25, 0.3) is 0 Å². The van der Waals surface area contributed by atoms with E-state index in [4.69, 9.17) is 10.5 Å². The Hall–Kier alpha value is -1.14.